The zero-order valence-electron chi connectivity index (χ0n) is 12.0. The fourth-order valence-electron chi connectivity index (χ4n) is 2.38. The van der Waals surface area contributed by atoms with Crippen molar-refractivity contribution in [3.63, 3.8) is 0 Å². The number of para-hydroxylation sites is 1. The number of nitrogens with one attached hydrogen (secondary N) is 1. The first-order valence-corrected chi connectivity index (χ1v) is 6.83. The molecular weight excluding hydrogens is 270 g/mol. The Bertz CT molecular complexity index is 549. The van der Waals surface area contributed by atoms with Crippen LogP contribution < -0.4 is 10.4 Å². The lowest BCUT2D eigenvalue weighted by Crippen LogP contribution is -2.48. The number of piperazine rings is 1. The van der Waals surface area contributed by atoms with E-state index in [0.717, 1.165) is 24.3 Å². The zero-order valence-corrected chi connectivity index (χ0v) is 12.0. The summed E-state index contributed by atoms with van der Waals surface area (Å²) >= 11 is 0. The van der Waals surface area contributed by atoms with E-state index >= 15 is 0 Å². The molecule has 0 spiro atoms. The van der Waals surface area contributed by atoms with Gasteiger partial charge >= 0.3 is 0 Å². The summed E-state index contributed by atoms with van der Waals surface area (Å²) in [5.74, 6) is -0.464. The Balaban J connectivity index is 2.12. The number of amides is 2. The van der Waals surface area contributed by atoms with Crippen LogP contribution in [0.5, 0.6) is 0 Å². The molecule has 2 amide bonds. The standard InChI is InChI=1S/C15H19N3O3/c1-12(19)17-8-10-18(11-9-17)14-5-3-2-4-13(14)6-7-15(20)16-21/h2-7,21H,8-11H2,1H3,(H,16,20). The van der Waals surface area contributed by atoms with Gasteiger partial charge in [0.25, 0.3) is 5.91 Å². The predicted octanol–water partition coefficient (Wildman–Crippen LogP) is 0.874. The molecule has 2 rings (SSSR count). The van der Waals surface area contributed by atoms with Crippen LogP contribution >= 0.6 is 0 Å². The third-order valence-electron chi connectivity index (χ3n) is 3.53. The van der Waals surface area contributed by atoms with Gasteiger partial charge in [-0.25, -0.2) is 5.48 Å². The third-order valence-corrected chi connectivity index (χ3v) is 3.53. The van der Waals surface area contributed by atoms with E-state index in [1.54, 1.807) is 18.5 Å². The molecule has 0 aromatic heterocycles. The monoisotopic (exact) mass is 289 g/mol. The molecule has 2 N–H and O–H groups in total. The Kier molecular flexibility index (Phi) is 4.94. The summed E-state index contributed by atoms with van der Waals surface area (Å²) in [6.45, 7) is 4.50. The molecule has 1 saturated heterocycles. The van der Waals surface area contributed by atoms with Gasteiger partial charge in [-0.2, -0.15) is 0 Å². The highest BCUT2D eigenvalue weighted by atomic mass is 16.5. The highest BCUT2D eigenvalue weighted by Gasteiger charge is 2.19. The second kappa shape index (κ2) is 6.90. The first kappa shape index (κ1) is 15.1. The SMILES string of the molecule is CC(=O)N1CCN(c2ccccc2C=CC(=O)NO)CC1. The molecule has 1 heterocycles. The van der Waals surface area contributed by atoms with E-state index in [-0.39, 0.29) is 5.91 Å². The minimum atomic E-state index is -0.564. The highest BCUT2D eigenvalue weighted by Crippen LogP contribution is 2.23. The lowest BCUT2D eigenvalue weighted by molar-refractivity contribution is -0.129. The average Bonchev–Trinajstić information content (AvgIpc) is 2.53. The van der Waals surface area contributed by atoms with Crippen LogP contribution in [0.1, 0.15) is 12.5 Å². The van der Waals surface area contributed by atoms with Crippen LogP contribution in [0.25, 0.3) is 6.08 Å². The summed E-state index contributed by atoms with van der Waals surface area (Å²) in [4.78, 5) is 26.5. The van der Waals surface area contributed by atoms with Crippen molar-refractivity contribution in [3.8, 4) is 0 Å². The third kappa shape index (κ3) is 3.82. The van der Waals surface area contributed by atoms with Gasteiger partial charge in [0.15, 0.2) is 0 Å². The number of nitrogens with zero attached hydrogens (tertiary/aromatic N) is 2. The van der Waals surface area contributed by atoms with Gasteiger partial charge in [-0.1, -0.05) is 18.2 Å². The van der Waals surface area contributed by atoms with Crippen molar-refractivity contribution in [3.05, 3.63) is 35.9 Å². The summed E-state index contributed by atoms with van der Waals surface area (Å²) in [6.07, 6.45) is 2.95. The van der Waals surface area contributed by atoms with E-state index < -0.39 is 5.91 Å². The van der Waals surface area contributed by atoms with Crippen molar-refractivity contribution < 1.29 is 14.8 Å². The van der Waals surface area contributed by atoms with Crippen molar-refractivity contribution in [1.29, 1.82) is 0 Å². The number of benzene rings is 1. The van der Waals surface area contributed by atoms with Crippen LogP contribution in [-0.2, 0) is 9.59 Å². The second-order valence-corrected chi connectivity index (χ2v) is 4.86. The molecule has 1 aromatic carbocycles. The first-order valence-electron chi connectivity index (χ1n) is 6.83. The molecular formula is C15H19N3O3. The number of hydrogen-bond acceptors (Lipinski definition) is 4. The molecule has 0 atom stereocenters. The molecule has 0 aliphatic carbocycles. The molecule has 0 saturated carbocycles. The van der Waals surface area contributed by atoms with Crippen molar-refractivity contribution >= 4 is 23.6 Å². The van der Waals surface area contributed by atoms with Crippen LogP contribution in [0, 0.1) is 0 Å². The molecule has 1 aliphatic heterocycles. The molecule has 1 fully saturated rings. The van der Waals surface area contributed by atoms with Crippen molar-refractivity contribution in [2.75, 3.05) is 31.1 Å². The Labute approximate surface area is 123 Å². The minimum absolute atomic E-state index is 0.0995. The van der Waals surface area contributed by atoms with E-state index in [1.165, 1.54) is 6.08 Å². The van der Waals surface area contributed by atoms with Gasteiger partial charge in [-0.05, 0) is 17.7 Å². The highest BCUT2D eigenvalue weighted by molar-refractivity contribution is 5.91. The van der Waals surface area contributed by atoms with E-state index in [9.17, 15) is 9.59 Å². The van der Waals surface area contributed by atoms with Gasteiger partial charge in [-0.15, -0.1) is 0 Å². The molecule has 21 heavy (non-hydrogen) atoms. The first-order chi connectivity index (χ1) is 10.1. The fraction of sp³-hybridized carbons (Fsp3) is 0.333. The molecule has 0 radical (unpaired) electrons. The maximum Gasteiger partial charge on any atom is 0.267 e. The smallest absolute Gasteiger partial charge is 0.267 e. The summed E-state index contributed by atoms with van der Waals surface area (Å²) in [7, 11) is 0. The normalized spacial score (nSPS) is 15.3. The zero-order chi connectivity index (χ0) is 15.2. The molecule has 6 heteroatoms. The van der Waals surface area contributed by atoms with Gasteiger partial charge < -0.3 is 9.80 Å². The number of hydrogen-bond donors (Lipinski definition) is 2. The van der Waals surface area contributed by atoms with Gasteiger partial charge in [0, 0.05) is 44.9 Å². The van der Waals surface area contributed by atoms with Crippen molar-refractivity contribution in [1.82, 2.24) is 10.4 Å². The van der Waals surface area contributed by atoms with E-state index in [0.29, 0.717) is 13.1 Å². The largest absolute Gasteiger partial charge is 0.367 e. The van der Waals surface area contributed by atoms with Gasteiger partial charge in [-0.3, -0.25) is 14.8 Å². The number of rotatable bonds is 3. The maximum absolute atomic E-state index is 11.3. The number of carbonyl (C=O) groups is 2. The minimum Gasteiger partial charge on any atom is -0.367 e. The van der Waals surface area contributed by atoms with Gasteiger partial charge in [0.1, 0.15) is 0 Å². The van der Waals surface area contributed by atoms with Gasteiger partial charge in [0.2, 0.25) is 5.91 Å². The number of anilines is 1. The molecule has 6 nitrogen and oxygen atoms in total. The Hall–Kier alpha value is -2.34. The summed E-state index contributed by atoms with van der Waals surface area (Å²) in [5, 5.41) is 8.51. The van der Waals surface area contributed by atoms with Crippen molar-refractivity contribution in [2.24, 2.45) is 0 Å². The van der Waals surface area contributed by atoms with Crippen LogP contribution in [-0.4, -0.2) is 48.1 Å². The second-order valence-electron chi connectivity index (χ2n) is 4.86. The quantitative estimate of drug-likeness (QED) is 0.492. The molecule has 1 aromatic rings. The predicted molar refractivity (Wildman–Crippen MR) is 79.9 cm³/mol. The van der Waals surface area contributed by atoms with E-state index in [1.807, 2.05) is 29.2 Å². The Morgan fingerprint density at radius 2 is 1.86 bits per heavy atom. The Morgan fingerprint density at radius 3 is 2.48 bits per heavy atom. The summed E-state index contributed by atoms with van der Waals surface area (Å²) in [5.41, 5.74) is 3.49. The maximum atomic E-state index is 11.3. The summed E-state index contributed by atoms with van der Waals surface area (Å²) < 4.78 is 0. The van der Waals surface area contributed by atoms with Gasteiger partial charge in [0.05, 0.1) is 0 Å². The van der Waals surface area contributed by atoms with Crippen LogP contribution in [0.4, 0.5) is 5.69 Å². The van der Waals surface area contributed by atoms with E-state index in [4.69, 9.17) is 5.21 Å². The number of hydroxylamine groups is 1. The molecule has 0 unspecified atom stereocenters. The lowest BCUT2D eigenvalue weighted by atomic mass is 10.1. The van der Waals surface area contributed by atoms with Crippen LogP contribution in [0.2, 0.25) is 0 Å². The van der Waals surface area contributed by atoms with E-state index in [2.05, 4.69) is 4.90 Å². The lowest BCUT2D eigenvalue weighted by Gasteiger charge is -2.36. The molecule has 1 aliphatic rings. The molecule has 0 bridgehead atoms. The average molecular weight is 289 g/mol. The number of carbonyl (C=O) groups excluding carboxylic acids is 2. The van der Waals surface area contributed by atoms with Crippen LogP contribution in [0.15, 0.2) is 30.3 Å². The fourth-order valence-corrected chi connectivity index (χ4v) is 2.38. The summed E-state index contributed by atoms with van der Waals surface area (Å²) in [6, 6.07) is 7.73. The Morgan fingerprint density at radius 1 is 1.19 bits per heavy atom. The van der Waals surface area contributed by atoms with Crippen LogP contribution in [0.3, 0.4) is 0 Å². The topological polar surface area (TPSA) is 72.9 Å². The molecule has 112 valence electrons. The van der Waals surface area contributed by atoms with Crippen molar-refractivity contribution in [2.45, 2.75) is 6.92 Å².